The molecule has 2 aromatic heterocycles. The van der Waals surface area contributed by atoms with Crippen LogP contribution in [0.2, 0.25) is 0 Å². The molecule has 0 unspecified atom stereocenters. The van der Waals surface area contributed by atoms with E-state index in [0.29, 0.717) is 5.82 Å². The molecule has 2 heterocycles. The first-order valence-electron chi connectivity index (χ1n) is 19.2. The van der Waals surface area contributed by atoms with Crippen molar-refractivity contribution >= 4 is 27.2 Å². The highest BCUT2D eigenvalue weighted by molar-refractivity contribution is 6.14. The number of hydrogen-bond donors (Lipinski definition) is 0. The van der Waals surface area contributed by atoms with Gasteiger partial charge in [0.15, 0.2) is 5.82 Å². The summed E-state index contributed by atoms with van der Waals surface area (Å²) < 4.78 is 0. The molecule has 9 aromatic rings. The van der Waals surface area contributed by atoms with Gasteiger partial charge in [0.2, 0.25) is 0 Å². The Labute approximate surface area is 333 Å². The Morgan fingerprint density at radius 2 is 1.00 bits per heavy atom. The minimum absolute atomic E-state index is 0.685. The van der Waals surface area contributed by atoms with Gasteiger partial charge in [-0.05, 0) is 93.0 Å². The van der Waals surface area contributed by atoms with E-state index in [-0.39, 0.29) is 0 Å². The summed E-state index contributed by atoms with van der Waals surface area (Å²) in [6.45, 7) is 5.87. The summed E-state index contributed by atoms with van der Waals surface area (Å²) in [5.74, 6) is 0.685. The van der Waals surface area contributed by atoms with Crippen LogP contribution < -0.4 is 0 Å². The number of aromatic nitrogens is 3. The lowest BCUT2D eigenvalue weighted by atomic mass is 9.92. The van der Waals surface area contributed by atoms with Crippen molar-refractivity contribution in [3.63, 3.8) is 0 Å². The Balaban J connectivity index is 1.13. The summed E-state index contributed by atoms with van der Waals surface area (Å²) in [7, 11) is 0. The molecule has 3 heteroatoms. The van der Waals surface area contributed by atoms with Gasteiger partial charge in [0.05, 0.1) is 22.6 Å². The molecule has 0 atom stereocenters. The highest BCUT2D eigenvalue weighted by Gasteiger charge is 2.15. The van der Waals surface area contributed by atoms with E-state index < -0.39 is 0 Å². The van der Waals surface area contributed by atoms with Crippen molar-refractivity contribution in [1.82, 2.24) is 15.0 Å². The Bertz CT molecular complexity index is 2960. The van der Waals surface area contributed by atoms with E-state index in [4.69, 9.17) is 15.0 Å². The van der Waals surface area contributed by atoms with Gasteiger partial charge in [0.25, 0.3) is 0 Å². The zero-order valence-electron chi connectivity index (χ0n) is 31.7. The van der Waals surface area contributed by atoms with Crippen LogP contribution in [-0.4, -0.2) is 15.0 Å². The molecule has 0 N–H and O–H groups in total. The Morgan fingerprint density at radius 3 is 1.65 bits per heavy atom. The lowest BCUT2D eigenvalue weighted by Crippen LogP contribution is -1.97. The van der Waals surface area contributed by atoms with Crippen molar-refractivity contribution in [3.05, 3.63) is 219 Å². The van der Waals surface area contributed by atoms with Crippen LogP contribution in [0.5, 0.6) is 0 Å². The third-order valence-electron chi connectivity index (χ3n) is 10.4. The first kappa shape index (κ1) is 35.2. The number of benzene rings is 7. The quantitative estimate of drug-likeness (QED) is 0.110. The van der Waals surface area contributed by atoms with Gasteiger partial charge in [-0.3, -0.25) is 0 Å². The average Bonchev–Trinajstić information content (AvgIpc) is 3.29. The van der Waals surface area contributed by atoms with Crippen LogP contribution in [-0.2, 0) is 0 Å². The van der Waals surface area contributed by atoms with Gasteiger partial charge in [-0.15, -0.1) is 0 Å². The second-order valence-electron chi connectivity index (χ2n) is 14.1. The van der Waals surface area contributed by atoms with E-state index >= 15 is 0 Å². The zero-order chi connectivity index (χ0) is 38.6. The Morgan fingerprint density at radius 1 is 0.456 bits per heavy atom. The Kier molecular flexibility index (Phi) is 9.70. The minimum atomic E-state index is 0.685. The molecular weight excluding hydrogens is 691 g/mol. The van der Waals surface area contributed by atoms with E-state index in [0.717, 1.165) is 72.5 Å². The van der Waals surface area contributed by atoms with Crippen molar-refractivity contribution in [2.75, 3.05) is 0 Å². The second kappa shape index (κ2) is 15.7. The minimum Gasteiger partial charge on any atom is -0.248 e. The molecule has 0 aliphatic carbocycles. The lowest BCUT2D eigenvalue weighted by molar-refractivity contribution is 1.15. The molecule has 0 saturated heterocycles. The number of allylic oxidation sites excluding steroid dienone is 5. The molecule has 7 aromatic carbocycles. The summed E-state index contributed by atoms with van der Waals surface area (Å²) in [4.78, 5) is 15.4. The van der Waals surface area contributed by atoms with Crippen LogP contribution in [0, 0.1) is 0 Å². The summed E-state index contributed by atoms with van der Waals surface area (Å²) in [6.07, 6.45) is 7.73. The summed E-state index contributed by atoms with van der Waals surface area (Å²) in [6, 6.07) is 64.1. The molecule has 0 spiro atoms. The van der Waals surface area contributed by atoms with Gasteiger partial charge in [0, 0.05) is 22.1 Å². The summed E-state index contributed by atoms with van der Waals surface area (Å²) in [5, 5.41) is 3.52. The van der Waals surface area contributed by atoms with E-state index in [1.54, 1.807) is 6.08 Å². The molecule has 57 heavy (non-hydrogen) atoms. The number of rotatable bonds is 9. The van der Waals surface area contributed by atoms with Crippen molar-refractivity contribution in [2.24, 2.45) is 0 Å². The summed E-state index contributed by atoms with van der Waals surface area (Å²) >= 11 is 0. The van der Waals surface area contributed by atoms with Crippen LogP contribution >= 0.6 is 0 Å². The first-order chi connectivity index (χ1) is 28.1. The standard InChI is InChI=1S/C54H39N3/c1-3-4-8-17-37(2)50-36-52(41-22-13-7-14-23-41)57-54(56-50)46-27-16-26-44(33-46)42-24-15-25-43(32-42)45-29-28-39-30-31-49-53(47(39)34-45)48(38-18-9-5-10-19-38)35-51(55-49)40-20-11-6-12-21-40/h3-36H,1H2,2H3/b8-4-,37-17+. The van der Waals surface area contributed by atoms with Crippen molar-refractivity contribution < 1.29 is 0 Å². The normalized spacial score (nSPS) is 11.7. The fourth-order valence-corrected chi connectivity index (χ4v) is 7.45. The van der Waals surface area contributed by atoms with Gasteiger partial charge in [0.1, 0.15) is 0 Å². The predicted molar refractivity (Wildman–Crippen MR) is 240 cm³/mol. The van der Waals surface area contributed by atoms with Crippen LogP contribution in [0.3, 0.4) is 0 Å². The van der Waals surface area contributed by atoms with Crippen LogP contribution in [0.25, 0.3) is 94.5 Å². The lowest BCUT2D eigenvalue weighted by Gasteiger charge is -2.14. The predicted octanol–water partition coefficient (Wildman–Crippen LogP) is 14.3. The maximum absolute atomic E-state index is 5.21. The highest BCUT2D eigenvalue weighted by Crippen LogP contribution is 2.39. The average molecular weight is 730 g/mol. The molecule has 0 radical (unpaired) electrons. The van der Waals surface area contributed by atoms with Crippen LogP contribution in [0.1, 0.15) is 12.6 Å². The maximum Gasteiger partial charge on any atom is 0.160 e. The summed E-state index contributed by atoms with van der Waals surface area (Å²) in [5.41, 5.74) is 14.7. The monoisotopic (exact) mass is 729 g/mol. The zero-order valence-corrected chi connectivity index (χ0v) is 31.7. The van der Waals surface area contributed by atoms with E-state index in [1.165, 1.54) is 21.9 Å². The fraction of sp³-hybridized carbons (Fsp3) is 0.0185. The van der Waals surface area contributed by atoms with Crippen molar-refractivity contribution in [3.8, 4) is 67.3 Å². The molecule has 9 rings (SSSR count). The second-order valence-corrected chi connectivity index (χ2v) is 14.1. The SMILES string of the molecule is C=C/C=C\C=C(/C)c1cc(-c2ccccc2)nc(-c2cccc(-c3cccc(-c4ccc5ccc6nc(-c7ccccc7)cc(-c7ccccc7)c6c5c4)c3)c2)n1. The molecule has 0 saturated carbocycles. The van der Waals surface area contributed by atoms with Gasteiger partial charge in [-0.1, -0.05) is 176 Å². The highest BCUT2D eigenvalue weighted by atomic mass is 14.9. The van der Waals surface area contributed by atoms with Gasteiger partial charge in [-0.2, -0.15) is 0 Å². The van der Waals surface area contributed by atoms with Crippen LogP contribution in [0.15, 0.2) is 213 Å². The molecule has 0 aliphatic rings. The van der Waals surface area contributed by atoms with Gasteiger partial charge >= 0.3 is 0 Å². The number of fused-ring (bicyclic) bond motifs is 3. The molecule has 0 amide bonds. The van der Waals surface area contributed by atoms with E-state index in [1.807, 2.05) is 36.4 Å². The van der Waals surface area contributed by atoms with E-state index in [9.17, 15) is 0 Å². The number of nitrogens with zero attached hydrogens (tertiary/aromatic N) is 3. The van der Waals surface area contributed by atoms with Gasteiger partial charge < -0.3 is 0 Å². The molecule has 270 valence electrons. The fourth-order valence-electron chi connectivity index (χ4n) is 7.45. The number of hydrogen-bond acceptors (Lipinski definition) is 3. The first-order valence-corrected chi connectivity index (χ1v) is 19.2. The third-order valence-corrected chi connectivity index (χ3v) is 10.4. The topological polar surface area (TPSA) is 38.7 Å². The third kappa shape index (κ3) is 7.35. The van der Waals surface area contributed by atoms with Crippen molar-refractivity contribution in [2.45, 2.75) is 6.92 Å². The molecule has 0 aliphatic heterocycles. The van der Waals surface area contributed by atoms with E-state index in [2.05, 4.69) is 177 Å². The smallest absolute Gasteiger partial charge is 0.160 e. The van der Waals surface area contributed by atoms with Crippen molar-refractivity contribution in [1.29, 1.82) is 0 Å². The molecule has 0 bridgehead atoms. The number of pyridine rings is 1. The largest absolute Gasteiger partial charge is 0.248 e. The molecule has 3 nitrogen and oxygen atoms in total. The molecule has 0 fully saturated rings. The van der Waals surface area contributed by atoms with Gasteiger partial charge in [-0.25, -0.2) is 15.0 Å². The van der Waals surface area contributed by atoms with Crippen LogP contribution in [0.4, 0.5) is 0 Å². The maximum atomic E-state index is 5.21. The Hall–Kier alpha value is -7.49. The molecular formula is C54H39N3.